The van der Waals surface area contributed by atoms with Gasteiger partial charge < -0.3 is 14.5 Å². The van der Waals surface area contributed by atoms with Gasteiger partial charge in [-0.1, -0.05) is 6.92 Å². The zero-order valence-electron chi connectivity index (χ0n) is 10.9. The Morgan fingerprint density at radius 1 is 1.47 bits per heavy atom. The van der Waals surface area contributed by atoms with Gasteiger partial charge in [0.2, 0.25) is 0 Å². The fourth-order valence-corrected chi connectivity index (χ4v) is 1.77. The predicted octanol–water partition coefficient (Wildman–Crippen LogP) is 2.57. The zero-order valence-corrected chi connectivity index (χ0v) is 10.9. The quantitative estimate of drug-likeness (QED) is 0.869. The first-order valence-electron chi connectivity index (χ1n) is 6.04. The van der Waals surface area contributed by atoms with E-state index in [1.165, 1.54) is 6.33 Å². The highest BCUT2D eigenvalue weighted by Crippen LogP contribution is 2.22. The Morgan fingerprint density at radius 2 is 2.32 bits per heavy atom. The van der Waals surface area contributed by atoms with Crippen LogP contribution in [-0.2, 0) is 11.2 Å². The minimum atomic E-state index is -0.433. The van der Waals surface area contributed by atoms with Crippen molar-refractivity contribution in [3.8, 4) is 0 Å². The largest absolute Gasteiger partial charge is 0.467 e. The molecule has 1 unspecified atom stereocenters. The molecule has 5 nitrogen and oxygen atoms in total. The maximum atomic E-state index is 14.1. The molecule has 1 atom stereocenters. The van der Waals surface area contributed by atoms with Crippen molar-refractivity contribution in [1.82, 2.24) is 9.97 Å². The number of hydrogen-bond acceptors (Lipinski definition) is 5. The van der Waals surface area contributed by atoms with E-state index in [0.29, 0.717) is 24.5 Å². The van der Waals surface area contributed by atoms with Gasteiger partial charge >= 0.3 is 0 Å². The molecular formula is C13H16FN3O2. The summed E-state index contributed by atoms with van der Waals surface area (Å²) in [6.07, 6.45) is 3.42. The molecule has 102 valence electrons. The lowest BCUT2D eigenvalue weighted by atomic mass is 10.2. The molecule has 0 aromatic carbocycles. The smallest absolute Gasteiger partial charge is 0.186 e. The average molecular weight is 265 g/mol. The van der Waals surface area contributed by atoms with E-state index in [1.54, 1.807) is 25.5 Å². The predicted molar refractivity (Wildman–Crippen MR) is 68.3 cm³/mol. The van der Waals surface area contributed by atoms with Crippen LogP contribution in [0, 0.1) is 5.82 Å². The summed E-state index contributed by atoms with van der Waals surface area (Å²) in [5, 5.41) is 2.98. The van der Waals surface area contributed by atoms with Crippen molar-refractivity contribution in [2.45, 2.75) is 19.4 Å². The Labute approximate surface area is 110 Å². The van der Waals surface area contributed by atoms with Crippen LogP contribution in [0.4, 0.5) is 10.2 Å². The van der Waals surface area contributed by atoms with Crippen LogP contribution in [0.2, 0.25) is 0 Å². The number of halogens is 1. The zero-order chi connectivity index (χ0) is 13.7. The monoisotopic (exact) mass is 265 g/mol. The van der Waals surface area contributed by atoms with Gasteiger partial charge in [0.1, 0.15) is 18.1 Å². The number of nitrogens with zero attached hydrogens (tertiary/aromatic N) is 2. The Morgan fingerprint density at radius 3 is 2.95 bits per heavy atom. The number of furan rings is 1. The average Bonchev–Trinajstić information content (AvgIpc) is 2.94. The Hall–Kier alpha value is -1.95. The number of aromatic nitrogens is 2. The third kappa shape index (κ3) is 3.08. The molecular weight excluding hydrogens is 249 g/mol. The summed E-state index contributed by atoms with van der Waals surface area (Å²) in [6, 6.07) is 3.28. The molecule has 0 fully saturated rings. The van der Waals surface area contributed by atoms with Gasteiger partial charge in [0.25, 0.3) is 0 Å². The second-order valence-electron chi connectivity index (χ2n) is 4.00. The molecule has 1 N–H and O–H groups in total. The molecule has 2 aromatic heterocycles. The fourth-order valence-electron chi connectivity index (χ4n) is 1.77. The lowest BCUT2D eigenvalue weighted by Crippen LogP contribution is -2.18. The van der Waals surface area contributed by atoms with Gasteiger partial charge in [-0.15, -0.1) is 0 Å². The summed E-state index contributed by atoms with van der Waals surface area (Å²) in [7, 11) is 1.57. The number of hydrogen-bond donors (Lipinski definition) is 1. The SMILES string of the molecule is CCc1ncnc(NC(COC)c2ccco2)c1F. The molecule has 19 heavy (non-hydrogen) atoms. The number of ether oxygens (including phenoxy) is 1. The first-order valence-corrected chi connectivity index (χ1v) is 6.04. The summed E-state index contributed by atoms with van der Waals surface area (Å²) < 4.78 is 24.5. The highest BCUT2D eigenvalue weighted by atomic mass is 19.1. The van der Waals surface area contributed by atoms with Crippen molar-refractivity contribution >= 4 is 5.82 Å². The molecule has 0 amide bonds. The lowest BCUT2D eigenvalue weighted by Gasteiger charge is -2.17. The van der Waals surface area contributed by atoms with Crippen LogP contribution in [0.5, 0.6) is 0 Å². The number of nitrogens with one attached hydrogen (secondary N) is 1. The number of methoxy groups -OCH3 is 1. The van der Waals surface area contributed by atoms with Gasteiger partial charge in [-0.25, -0.2) is 14.4 Å². The standard InChI is InChI=1S/C13H16FN3O2/c1-3-9-12(14)13(16-8-15-9)17-10(7-18-2)11-5-4-6-19-11/h4-6,8,10H,3,7H2,1-2H3,(H,15,16,17). The molecule has 0 saturated heterocycles. The third-order valence-electron chi connectivity index (χ3n) is 2.73. The van der Waals surface area contributed by atoms with Crippen LogP contribution in [0.25, 0.3) is 0 Å². The van der Waals surface area contributed by atoms with Gasteiger partial charge in [-0.05, 0) is 18.6 Å². The van der Waals surface area contributed by atoms with Gasteiger partial charge in [-0.3, -0.25) is 0 Å². The van der Waals surface area contributed by atoms with E-state index in [0.717, 1.165) is 0 Å². The van der Waals surface area contributed by atoms with Crippen LogP contribution >= 0.6 is 0 Å². The van der Waals surface area contributed by atoms with Crippen molar-refractivity contribution in [3.05, 3.63) is 42.0 Å². The second kappa shape index (κ2) is 6.29. The number of aryl methyl sites for hydroxylation is 1. The van der Waals surface area contributed by atoms with Crippen molar-refractivity contribution in [2.24, 2.45) is 0 Å². The molecule has 0 radical (unpaired) electrons. The number of anilines is 1. The van der Waals surface area contributed by atoms with Gasteiger partial charge in [0.05, 0.1) is 18.6 Å². The molecule has 0 aliphatic carbocycles. The summed E-state index contributed by atoms with van der Waals surface area (Å²) in [5.74, 6) is 0.390. The molecule has 0 aliphatic rings. The topological polar surface area (TPSA) is 60.2 Å². The number of rotatable bonds is 6. The van der Waals surface area contributed by atoms with E-state index >= 15 is 0 Å². The van der Waals surface area contributed by atoms with Gasteiger partial charge in [0, 0.05) is 7.11 Å². The van der Waals surface area contributed by atoms with Crippen LogP contribution < -0.4 is 5.32 Å². The summed E-state index contributed by atoms with van der Waals surface area (Å²) in [4.78, 5) is 7.82. The first-order chi connectivity index (χ1) is 9.26. The van der Waals surface area contributed by atoms with Crippen molar-refractivity contribution in [2.75, 3.05) is 19.0 Å². The van der Waals surface area contributed by atoms with Crippen LogP contribution in [-0.4, -0.2) is 23.7 Å². The van der Waals surface area contributed by atoms with Crippen molar-refractivity contribution in [3.63, 3.8) is 0 Å². The Bertz CT molecular complexity index is 517. The third-order valence-corrected chi connectivity index (χ3v) is 2.73. The Balaban J connectivity index is 2.22. The van der Waals surface area contributed by atoms with E-state index in [1.807, 2.05) is 6.92 Å². The minimum Gasteiger partial charge on any atom is -0.467 e. The van der Waals surface area contributed by atoms with Crippen LogP contribution in [0.3, 0.4) is 0 Å². The van der Waals surface area contributed by atoms with Crippen LogP contribution in [0.1, 0.15) is 24.4 Å². The molecule has 0 aliphatic heterocycles. The highest BCUT2D eigenvalue weighted by molar-refractivity contribution is 5.39. The molecule has 2 rings (SSSR count). The second-order valence-corrected chi connectivity index (χ2v) is 4.00. The summed E-state index contributed by atoms with van der Waals surface area (Å²) in [6.45, 7) is 2.19. The van der Waals surface area contributed by atoms with Crippen LogP contribution in [0.15, 0.2) is 29.1 Å². The molecule has 6 heteroatoms. The maximum Gasteiger partial charge on any atom is 0.186 e. The maximum absolute atomic E-state index is 14.1. The van der Waals surface area contributed by atoms with E-state index in [4.69, 9.17) is 9.15 Å². The van der Waals surface area contributed by atoms with E-state index in [9.17, 15) is 4.39 Å². The fraction of sp³-hybridized carbons (Fsp3) is 0.385. The molecule has 2 aromatic rings. The lowest BCUT2D eigenvalue weighted by molar-refractivity contribution is 0.178. The van der Waals surface area contributed by atoms with E-state index in [-0.39, 0.29) is 11.9 Å². The highest BCUT2D eigenvalue weighted by Gasteiger charge is 2.18. The van der Waals surface area contributed by atoms with Gasteiger partial charge in [-0.2, -0.15) is 0 Å². The van der Waals surface area contributed by atoms with E-state index < -0.39 is 5.82 Å². The molecule has 0 spiro atoms. The first kappa shape index (κ1) is 13.5. The van der Waals surface area contributed by atoms with Crippen molar-refractivity contribution in [1.29, 1.82) is 0 Å². The summed E-state index contributed by atoms with van der Waals surface area (Å²) in [5.41, 5.74) is 0.383. The Kier molecular flexibility index (Phi) is 4.46. The molecule has 2 heterocycles. The summed E-state index contributed by atoms with van der Waals surface area (Å²) >= 11 is 0. The van der Waals surface area contributed by atoms with E-state index in [2.05, 4.69) is 15.3 Å². The van der Waals surface area contributed by atoms with Gasteiger partial charge in [0.15, 0.2) is 11.6 Å². The van der Waals surface area contributed by atoms with Crippen molar-refractivity contribution < 1.29 is 13.5 Å². The molecule has 0 bridgehead atoms. The molecule has 0 saturated carbocycles. The normalized spacial score (nSPS) is 12.4. The minimum absolute atomic E-state index is 0.158.